The molecule has 0 radical (unpaired) electrons. The predicted octanol–water partition coefficient (Wildman–Crippen LogP) is 0.669. The number of carboxylic acids is 2. The van der Waals surface area contributed by atoms with Crippen LogP contribution >= 0.6 is 23.5 Å². The Morgan fingerprint density at radius 1 is 0.808 bits per heavy atom. The first-order chi connectivity index (χ1) is 24.3. The van der Waals surface area contributed by atoms with Crippen LogP contribution in [0.15, 0.2) is 48.5 Å². The third kappa shape index (κ3) is 6.52. The molecule has 16 nitrogen and oxygen atoms in total. The molecule has 0 aliphatic carbocycles. The second-order valence-corrected chi connectivity index (χ2v) is 17.8. The Hall–Kier alpha value is -4.52. The molecular formula is C34H40N6O10S2. The van der Waals surface area contributed by atoms with E-state index in [2.05, 4.69) is 21.3 Å². The fourth-order valence-corrected chi connectivity index (χ4v) is 10.5. The maximum absolute atomic E-state index is 14.6. The molecule has 18 heteroatoms. The Morgan fingerprint density at radius 2 is 1.40 bits per heavy atom. The van der Waals surface area contributed by atoms with Crippen LogP contribution in [0.3, 0.4) is 0 Å². The summed E-state index contributed by atoms with van der Waals surface area (Å²) in [6.07, 6.45) is -0.749. The largest absolute Gasteiger partial charge is 0.508 e. The first-order valence-corrected chi connectivity index (χ1v) is 18.2. The smallest absolute Gasteiger partial charge is 0.327 e. The Morgan fingerprint density at radius 3 is 1.96 bits per heavy atom. The molecule has 4 saturated heterocycles. The van der Waals surface area contributed by atoms with E-state index in [1.807, 2.05) is 0 Å². The number of carbonyl (C=O) groups is 6. The lowest BCUT2D eigenvalue weighted by atomic mass is 9.95. The first-order valence-electron chi connectivity index (χ1n) is 16.5. The van der Waals surface area contributed by atoms with Crippen LogP contribution in [0.4, 0.5) is 0 Å². The number of nitrogens with zero attached hydrogens (tertiary/aromatic N) is 2. The zero-order valence-electron chi connectivity index (χ0n) is 28.8. The Bertz CT molecular complexity index is 1810. The topological polar surface area (TPSA) is 238 Å². The Labute approximate surface area is 307 Å². The van der Waals surface area contributed by atoms with Crippen molar-refractivity contribution in [1.82, 2.24) is 31.1 Å². The van der Waals surface area contributed by atoms with E-state index in [-0.39, 0.29) is 17.1 Å². The first kappa shape index (κ1) is 37.2. The van der Waals surface area contributed by atoms with Crippen molar-refractivity contribution in [2.24, 2.45) is 0 Å². The number of fused-ring (bicyclic) bond motifs is 1. The molecule has 278 valence electrons. The van der Waals surface area contributed by atoms with Crippen molar-refractivity contribution in [2.45, 2.75) is 97.3 Å². The number of benzene rings is 2. The van der Waals surface area contributed by atoms with E-state index in [1.165, 1.54) is 58.0 Å². The lowest BCUT2D eigenvalue weighted by molar-refractivity contribution is -0.161. The lowest BCUT2D eigenvalue weighted by Gasteiger charge is -2.44. The number of β-lactam (4-membered cyclic amide) rings is 1. The van der Waals surface area contributed by atoms with Gasteiger partial charge in [-0.1, -0.05) is 24.3 Å². The van der Waals surface area contributed by atoms with Gasteiger partial charge in [-0.2, -0.15) is 0 Å². The summed E-state index contributed by atoms with van der Waals surface area (Å²) in [6, 6.07) is 4.40. The average Bonchev–Trinajstić information content (AvgIpc) is 3.64. The fraction of sp³-hybridized carbons (Fsp3) is 0.471. The third-order valence-electron chi connectivity index (χ3n) is 9.86. The number of aromatic hydroxyl groups is 2. The van der Waals surface area contributed by atoms with Crippen LogP contribution in [0.2, 0.25) is 0 Å². The van der Waals surface area contributed by atoms with Crippen LogP contribution in [0.1, 0.15) is 57.8 Å². The Balaban J connectivity index is 1.32. The second kappa shape index (κ2) is 13.5. The molecule has 4 aliphatic heterocycles. The summed E-state index contributed by atoms with van der Waals surface area (Å²) in [4.78, 5) is 82.9. The van der Waals surface area contributed by atoms with Crippen LogP contribution in [-0.2, 0) is 28.8 Å². The third-order valence-corrected chi connectivity index (χ3v) is 12.9. The quantitative estimate of drug-likeness (QED) is 0.156. The highest BCUT2D eigenvalue weighted by Gasteiger charge is 2.64. The monoisotopic (exact) mass is 756 g/mol. The van der Waals surface area contributed by atoms with Gasteiger partial charge >= 0.3 is 11.9 Å². The van der Waals surface area contributed by atoms with Gasteiger partial charge in [0.05, 0.1) is 11.5 Å². The number of carboxylic acid groups (broad SMARTS) is 2. The van der Waals surface area contributed by atoms with E-state index in [0.29, 0.717) is 5.56 Å². The minimum absolute atomic E-state index is 0.00310. The normalized spacial score (nSPS) is 29.9. The van der Waals surface area contributed by atoms with Gasteiger partial charge in [0.25, 0.3) is 0 Å². The zero-order chi connectivity index (χ0) is 38.0. The van der Waals surface area contributed by atoms with Crippen molar-refractivity contribution in [3.8, 4) is 11.5 Å². The molecule has 4 amide bonds. The summed E-state index contributed by atoms with van der Waals surface area (Å²) < 4.78 is -1.77. The van der Waals surface area contributed by atoms with Crippen LogP contribution in [0.25, 0.3) is 0 Å². The minimum Gasteiger partial charge on any atom is -0.508 e. The van der Waals surface area contributed by atoms with E-state index in [0.717, 1.165) is 11.8 Å². The highest BCUT2D eigenvalue weighted by molar-refractivity contribution is 8.02. The maximum atomic E-state index is 14.6. The zero-order valence-corrected chi connectivity index (χ0v) is 30.4. The fourth-order valence-electron chi connectivity index (χ4n) is 7.32. The summed E-state index contributed by atoms with van der Waals surface area (Å²) in [7, 11) is 0. The molecule has 0 bridgehead atoms. The molecule has 2 aromatic rings. The van der Waals surface area contributed by atoms with Gasteiger partial charge in [0.2, 0.25) is 23.6 Å². The van der Waals surface area contributed by atoms with Gasteiger partial charge < -0.3 is 40.9 Å². The maximum Gasteiger partial charge on any atom is 0.327 e. The molecule has 8 N–H and O–H groups in total. The number of hydrogen-bond acceptors (Lipinski definition) is 12. The molecule has 0 aromatic heterocycles. The number of thioether (sulfide) groups is 2. The number of phenolic OH excluding ortho intramolecular Hbond substituents is 2. The summed E-state index contributed by atoms with van der Waals surface area (Å²) in [5.41, 5.74) is 0.747. The number of hydrogen-bond donors (Lipinski definition) is 8. The number of aliphatic carboxylic acids is 2. The van der Waals surface area contributed by atoms with E-state index in [9.17, 15) is 49.2 Å². The van der Waals surface area contributed by atoms with Crippen LogP contribution in [0, 0.1) is 0 Å². The molecule has 6 rings (SSSR count). The van der Waals surface area contributed by atoms with Gasteiger partial charge in [0.15, 0.2) is 0 Å². The molecule has 2 aromatic carbocycles. The van der Waals surface area contributed by atoms with Crippen LogP contribution in [0.5, 0.6) is 11.5 Å². The molecule has 4 aliphatic rings. The van der Waals surface area contributed by atoms with E-state index in [4.69, 9.17) is 0 Å². The minimum atomic E-state index is -1.46. The summed E-state index contributed by atoms with van der Waals surface area (Å²) >= 11 is 2.39. The summed E-state index contributed by atoms with van der Waals surface area (Å²) in [5, 5.41) is 49.6. The number of phenols is 2. The van der Waals surface area contributed by atoms with Gasteiger partial charge in [-0.25, -0.2) is 4.79 Å². The van der Waals surface area contributed by atoms with Crippen molar-refractivity contribution >= 4 is 59.1 Å². The highest BCUT2D eigenvalue weighted by atomic mass is 32.2. The molecule has 4 heterocycles. The second-order valence-electron chi connectivity index (χ2n) is 14.3. The number of rotatable bonds is 10. The number of amides is 4. The van der Waals surface area contributed by atoms with E-state index in [1.54, 1.807) is 46.8 Å². The Kier molecular flexibility index (Phi) is 9.65. The van der Waals surface area contributed by atoms with Crippen LogP contribution in [-0.4, -0.2) is 116 Å². The molecule has 9 unspecified atom stereocenters. The number of carbonyl (C=O) groups excluding carboxylic acids is 4. The van der Waals surface area contributed by atoms with Gasteiger partial charge in [0.1, 0.15) is 53.1 Å². The van der Waals surface area contributed by atoms with Crippen molar-refractivity contribution in [3.63, 3.8) is 0 Å². The lowest BCUT2D eigenvalue weighted by Crippen LogP contribution is -2.71. The van der Waals surface area contributed by atoms with Crippen molar-refractivity contribution in [3.05, 3.63) is 59.7 Å². The van der Waals surface area contributed by atoms with E-state index < -0.39 is 98.2 Å². The summed E-state index contributed by atoms with van der Waals surface area (Å²) in [6.45, 7) is 8.48. The number of nitrogens with one attached hydrogen (secondary N) is 4. The SMILES string of the molecule is CC1NC(c2ccc(O)cc2)C(=O)N1C(C(=O)NC(C(=O)NC1C(=O)N2C1SC(C)(C)C2C(=O)O)c1ccc(O)cc1)C1NC(C(=O)O)C(C)(C)S1. The predicted molar refractivity (Wildman–Crippen MR) is 189 cm³/mol. The van der Waals surface area contributed by atoms with Gasteiger partial charge in [-0.15, -0.1) is 23.5 Å². The molecule has 9 atom stereocenters. The van der Waals surface area contributed by atoms with E-state index >= 15 is 0 Å². The van der Waals surface area contributed by atoms with Crippen molar-refractivity contribution in [1.29, 1.82) is 0 Å². The van der Waals surface area contributed by atoms with Crippen molar-refractivity contribution < 1.29 is 49.2 Å². The van der Waals surface area contributed by atoms with Gasteiger partial charge in [-0.3, -0.25) is 34.6 Å². The molecule has 52 heavy (non-hydrogen) atoms. The van der Waals surface area contributed by atoms with Crippen LogP contribution < -0.4 is 21.3 Å². The summed E-state index contributed by atoms with van der Waals surface area (Å²) in [5.74, 6) is -5.14. The van der Waals surface area contributed by atoms with Crippen molar-refractivity contribution in [2.75, 3.05) is 0 Å². The standard InChI is InChI=1S/C34H40N6O10S2/c1-14-35-20(16-8-12-18(42)13-9-16)28(45)39(14)22(27-38-23(31(47)48)33(2,3)51-27)26(44)36-19(15-6-10-17(41)11-7-15)25(43)37-21-29(46)40-24(32(49)50)34(4,5)52-30(21)40/h6-14,19-24,27,30,35,38,41-42H,1-5H3,(H,36,44)(H,37,43)(H,47,48)(H,49,50). The molecule has 0 spiro atoms. The highest BCUT2D eigenvalue weighted by Crippen LogP contribution is 2.51. The van der Waals surface area contributed by atoms with Gasteiger partial charge in [-0.05, 0) is 70.0 Å². The van der Waals surface area contributed by atoms with Gasteiger partial charge in [0, 0.05) is 9.49 Å². The molecule has 0 saturated carbocycles. The molecular weight excluding hydrogens is 717 g/mol. The molecule has 4 fully saturated rings. The average molecular weight is 757 g/mol.